The average Bonchev–Trinajstić information content (AvgIpc) is 3.46. The lowest BCUT2D eigenvalue weighted by atomic mass is 9.62. The fourth-order valence-corrected chi connectivity index (χ4v) is 7.28. The smallest absolute Gasteiger partial charge is 0.248 e. The normalized spacial score (nSPS) is 30.3. The quantitative estimate of drug-likeness (QED) is 0.281. The Morgan fingerprint density at radius 1 is 1.12 bits per heavy atom. The zero-order chi connectivity index (χ0) is 29.1. The number of ether oxygens (including phenoxy) is 1. The number of carbonyl (C=O) groups excluding carboxylic acids is 3. The zero-order valence-corrected chi connectivity index (χ0v) is 24.3. The minimum absolute atomic E-state index is 0.0482. The lowest BCUT2D eigenvalue weighted by Crippen LogP contribution is -2.57. The fraction of sp³-hybridized carbons (Fsp3) is 0.594. The van der Waals surface area contributed by atoms with Gasteiger partial charge in [-0.3, -0.25) is 14.4 Å². The van der Waals surface area contributed by atoms with Crippen molar-refractivity contribution in [1.82, 2.24) is 9.80 Å². The summed E-state index contributed by atoms with van der Waals surface area (Å²) < 4.78 is 6.88. The number of amides is 3. The number of fused-ring (bicyclic) bond motifs is 1. The molecule has 2 bridgehead atoms. The highest BCUT2D eigenvalue weighted by Crippen LogP contribution is 2.65. The van der Waals surface area contributed by atoms with Crippen LogP contribution in [0.5, 0.6) is 0 Å². The van der Waals surface area contributed by atoms with Crippen molar-refractivity contribution in [1.29, 1.82) is 0 Å². The van der Waals surface area contributed by atoms with E-state index in [-0.39, 0.29) is 36.8 Å². The van der Waals surface area contributed by atoms with Crippen LogP contribution in [-0.2, 0) is 19.1 Å². The maximum Gasteiger partial charge on any atom is 0.248 e. The lowest BCUT2D eigenvalue weighted by molar-refractivity contribution is -0.152. The largest absolute Gasteiger partial charge is 0.396 e. The van der Waals surface area contributed by atoms with Crippen LogP contribution in [0.1, 0.15) is 52.9 Å². The summed E-state index contributed by atoms with van der Waals surface area (Å²) in [4.78, 5) is 48.1. The number of carbonyl (C=O) groups is 3. The summed E-state index contributed by atoms with van der Waals surface area (Å²) in [6, 6.07) is 8.53. The van der Waals surface area contributed by atoms with E-state index in [2.05, 4.69) is 27.0 Å². The third-order valence-electron chi connectivity index (χ3n) is 9.21. The molecule has 3 heterocycles. The van der Waals surface area contributed by atoms with Gasteiger partial charge >= 0.3 is 0 Å². The van der Waals surface area contributed by atoms with Crippen LogP contribution in [0.4, 0.5) is 5.69 Å². The Morgan fingerprint density at radius 3 is 2.45 bits per heavy atom. The number of unbranched alkanes of at least 4 members (excludes halogenated alkanes) is 2. The number of aliphatic hydroxyl groups is 1. The second-order valence-electron chi connectivity index (χ2n) is 11.7. The van der Waals surface area contributed by atoms with Crippen LogP contribution in [-0.4, -0.2) is 82.7 Å². The molecule has 1 aromatic rings. The van der Waals surface area contributed by atoms with Gasteiger partial charge in [-0.25, -0.2) is 0 Å². The molecule has 40 heavy (non-hydrogen) atoms. The molecule has 3 aliphatic rings. The van der Waals surface area contributed by atoms with Gasteiger partial charge in [0.15, 0.2) is 0 Å². The van der Waals surface area contributed by atoms with E-state index < -0.39 is 29.1 Å². The van der Waals surface area contributed by atoms with E-state index in [0.717, 1.165) is 24.9 Å². The number of para-hydroxylation sites is 1. The van der Waals surface area contributed by atoms with E-state index in [1.165, 1.54) is 0 Å². The van der Waals surface area contributed by atoms with Crippen LogP contribution in [0.3, 0.4) is 0 Å². The van der Waals surface area contributed by atoms with E-state index in [0.29, 0.717) is 32.5 Å². The second kappa shape index (κ2) is 12.3. The highest BCUT2D eigenvalue weighted by molar-refractivity contribution is 6.03. The van der Waals surface area contributed by atoms with Gasteiger partial charge in [-0.05, 0) is 44.2 Å². The van der Waals surface area contributed by atoms with Crippen LogP contribution in [0, 0.1) is 17.8 Å². The number of aliphatic hydroxyl groups excluding tert-OH is 1. The Hall–Kier alpha value is -2.97. The molecular weight excluding hydrogens is 506 g/mol. The molecule has 1 aromatic carbocycles. The predicted octanol–water partition coefficient (Wildman–Crippen LogP) is 3.80. The molecule has 3 aliphatic heterocycles. The minimum Gasteiger partial charge on any atom is -0.396 e. The predicted molar refractivity (Wildman–Crippen MR) is 155 cm³/mol. The lowest BCUT2D eigenvalue weighted by Gasteiger charge is -2.39. The maximum atomic E-state index is 14.4. The Morgan fingerprint density at radius 2 is 1.82 bits per heavy atom. The molecule has 3 saturated heterocycles. The average molecular weight is 552 g/mol. The molecule has 218 valence electrons. The van der Waals surface area contributed by atoms with E-state index >= 15 is 0 Å². The van der Waals surface area contributed by atoms with E-state index in [9.17, 15) is 19.5 Å². The summed E-state index contributed by atoms with van der Waals surface area (Å²) in [5.74, 6) is -2.19. The molecule has 3 fully saturated rings. The molecule has 3 amide bonds. The molecular formula is C32H45N3O5. The van der Waals surface area contributed by atoms with Gasteiger partial charge in [0.1, 0.15) is 11.6 Å². The monoisotopic (exact) mass is 551 g/mol. The summed E-state index contributed by atoms with van der Waals surface area (Å²) in [5.41, 5.74) is -1.29. The van der Waals surface area contributed by atoms with Crippen LogP contribution < -0.4 is 4.90 Å². The molecule has 1 N–H and O–H groups in total. The van der Waals surface area contributed by atoms with Gasteiger partial charge in [-0.15, -0.1) is 13.2 Å². The Balaban J connectivity index is 1.78. The third kappa shape index (κ3) is 4.90. The third-order valence-corrected chi connectivity index (χ3v) is 9.21. The van der Waals surface area contributed by atoms with E-state index in [1.807, 2.05) is 37.3 Å². The van der Waals surface area contributed by atoms with Gasteiger partial charge < -0.3 is 24.5 Å². The fourth-order valence-electron chi connectivity index (χ4n) is 7.28. The molecule has 4 rings (SSSR count). The topological polar surface area (TPSA) is 90.4 Å². The van der Waals surface area contributed by atoms with Crippen molar-refractivity contribution < 1.29 is 24.2 Å². The summed E-state index contributed by atoms with van der Waals surface area (Å²) >= 11 is 0. The highest BCUT2D eigenvalue weighted by atomic mass is 16.5. The molecule has 0 aromatic heterocycles. The summed E-state index contributed by atoms with van der Waals surface area (Å²) in [6.45, 7) is 15.2. The van der Waals surface area contributed by atoms with Gasteiger partial charge in [0, 0.05) is 38.5 Å². The van der Waals surface area contributed by atoms with Crippen molar-refractivity contribution in [3.05, 3.63) is 55.6 Å². The Kier molecular flexibility index (Phi) is 9.20. The van der Waals surface area contributed by atoms with E-state index in [4.69, 9.17) is 4.74 Å². The van der Waals surface area contributed by atoms with Gasteiger partial charge in [-0.1, -0.05) is 57.0 Å². The van der Waals surface area contributed by atoms with Crippen molar-refractivity contribution >= 4 is 23.4 Å². The number of hydrogen-bond acceptors (Lipinski definition) is 5. The molecule has 8 heteroatoms. The Bertz CT molecular complexity index is 1110. The second-order valence-corrected chi connectivity index (χ2v) is 11.7. The highest BCUT2D eigenvalue weighted by Gasteiger charge is 2.80. The molecule has 0 radical (unpaired) electrons. The number of anilines is 1. The molecule has 0 saturated carbocycles. The van der Waals surface area contributed by atoms with Gasteiger partial charge in [0.2, 0.25) is 17.7 Å². The first-order chi connectivity index (χ1) is 19.2. The van der Waals surface area contributed by atoms with E-state index in [1.54, 1.807) is 26.9 Å². The number of benzene rings is 1. The standard InChI is InChI=1S/C32H45N3O5/c1-6-9-13-19-33(17-7-2)30(39)27-32-22-23(4)31(5,40-32)25(26(32)29(38)35(27)20-14-21-36)28(37)34(18-8-3)24-15-11-10-12-16-24/h7-8,10-12,15-16,23,25-27,36H,2-3,6,9,13-14,17-22H2,1,4-5H3/t23?,25-,26+,27?,31+,32?/m1/s1. The van der Waals surface area contributed by atoms with Gasteiger partial charge in [0.25, 0.3) is 0 Å². The summed E-state index contributed by atoms with van der Waals surface area (Å²) in [5, 5.41) is 9.64. The first-order valence-corrected chi connectivity index (χ1v) is 14.7. The maximum absolute atomic E-state index is 14.4. The molecule has 8 nitrogen and oxygen atoms in total. The first-order valence-electron chi connectivity index (χ1n) is 14.7. The van der Waals surface area contributed by atoms with Crippen LogP contribution in [0.25, 0.3) is 0 Å². The van der Waals surface area contributed by atoms with Crippen molar-refractivity contribution in [2.24, 2.45) is 17.8 Å². The Labute approximate surface area is 238 Å². The van der Waals surface area contributed by atoms with Crippen molar-refractivity contribution in [3.8, 4) is 0 Å². The van der Waals surface area contributed by atoms with Crippen LogP contribution >= 0.6 is 0 Å². The number of nitrogens with zero attached hydrogens (tertiary/aromatic N) is 3. The summed E-state index contributed by atoms with van der Waals surface area (Å²) in [7, 11) is 0. The number of likely N-dealkylation sites (tertiary alicyclic amines) is 1. The zero-order valence-electron chi connectivity index (χ0n) is 24.3. The SMILES string of the molecule is C=CCN(CCCCC)C(=O)C1N(CCCO)C(=O)[C@@H]2[C@H](C(=O)N(CC=C)c3ccccc3)[C@@]3(C)OC12CC3C. The molecule has 0 aliphatic carbocycles. The molecule has 6 atom stereocenters. The first kappa shape index (κ1) is 30.0. The van der Waals surface area contributed by atoms with Gasteiger partial charge in [-0.2, -0.15) is 0 Å². The summed E-state index contributed by atoms with van der Waals surface area (Å²) in [6.07, 6.45) is 7.12. The van der Waals surface area contributed by atoms with Gasteiger partial charge in [0.05, 0.1) is 17.4 Å². The molecule has 3 unspecified atom stereocenters. The minimum atomic E-state index is -1.11. The van der Waals surface area contributed by atoms with Crippen molar-refractivity contribution in [3.63, 3.8) is 0 Å². The van der Waals surface area contributed by atoms with Crippen LogP contribution in [0.2, 0.25) is 0 Å². The van der Waals surface area contributed by atoms with Crippen molar-refractivity contribution in [2.75, 3.05) is 37.7 Å². The number of rotatable bonds is 14. The number of hydrogen-bond donors (Lipinski definition) is 1. The van der Waals surface area contributed by atoms with Crippen molar-refractivity contribution in [2.45, 2.75) is 70.1 Å². The van der Waals surface area contributed by atoms with Crippen LogP contribution in [0.15, 0.2) is 55.6 Å². The molecule has 1 spiro atoms.